The third kappa shape index (κ3) is 4.82. The number of rotatable bonds is 4. The molecule has 0 saturated carbocycles. The minimum Gasteiger partial charge on any atom is -0.750 e. The van der Waals surface area contributed by atoms with Gasteiger partial charge in [0.05, 0.1) is 34.9 Å². The van der Waals surface area contributed by atoms with Crippen LogP contribution in [0.15, 0.2) is 35.2 Å². The van der Waals surface area contributed by atoms with Gasteiger partial charge in [-0.25, -0.2) is 9.10 Å². The van der Waals surface area contributed by atoms with Gasteiger partial charge in [-0.2, -0.15) is 5.26 Å². The maximum atomic E-state index is 14.3. The summed E-state index contributed by atoms with van der Waals surface area (Å²) in [5.41, 5.74) is 3.33. The third-order valence-corrected chi connectivity index (χ3v) is 10.3. The molecule has 1 aliphatic carbocycles. The van der Waals surface area contributed by atoms with Gasteiger partial charge in [0.2, 0.25) is 0 Å². The summed E-state index contributed by atoms with van der Waals surface area (Å²) in [6.45, 7) is 11.5. The van der Waals surface area contributed by atoms with Crippen LogP contribution in [0.4, 0.5) is 10.5 Å². The molecule has 1 amide bonds. The fourth-order valence-electron chi connectivity index (χ4n) is 5.86. The molecule has 1 unspecified atom stereocenters. The Hall–Kier alpha value is -3.56. The van der Waals surface area contributed by atoms with Crippen molar-refractivity contribution in [3.05, 3.63) is 58.3 Å². The molecular formula is C31H38N5O5S-. The van der Waals surface area contributed by atoms with Crippen molar-refractivity contribution in [3.8, 4) is 6.07 Å². The molecule has 11 heteroatoms. The summed E-state index contributed by atoms with van der Waals surface area (Å²) in [5, 5.41) is 10.2. The van der Waals surface area contributed by atoms with E-state index in [-0.39, 0.29) is 11.9 Å². The highest BCUT2D eigenvalue weighted by Gasteiger charge is 2.41. The van der Waals surface area contributed by atoms with Gasteiger partial charge in [0.25, 0.3) is 0 Å². The average molecular weight is 593 g/mol. The fraction of sp³-hybridized carbons (Fsp3) is 0.452. The number of carbonyl (C=O) groups is 2. The summed E-state index contributed by atoms with van der Waals surface area (Å²) < 4.78 is 27.1. The van der Waals surface area contributed by atoms with Crippen LogP contribution in [0.25, 0.3) is 10.9 Å². The molecule has 5 rings (SSSR count). The van der Waals surface area contributed by atoms with E-state index in [1.165, 1.54) is 11.4 Å². The Bertz CT molecular complexity index is 1630. The van der Waals surface area contributed by atoms with Gasteiger partial charge in [-0.05, 0) is 50.6 Å². The lowest BCUT2D eigenvalue weighted by Gasteiger charge is -2.56. The van der Waals surface area contributed by atoms with Gasteiger partial charge in [-0.3, -0.25) is 15.6 Å². The van der Waals surface area contributed by atoms with Crippen molar-refractivity contribution in [1.29, 1.82) is 5.26 Å². The largest absolute Gasteiger partial charge is 0.750 e. The molecule has 42 heavy (non-hydrogen) atoms. The van der Waals surface area contributed by atoms with Crippen LogP contribution in [0.2, 0.25) is 0 Å². The topological polar surface area (TPSA) is 125 Å². The second-order valence-corrected chi connectivity index (χ2v) is 14.9. The Morgan fingerprint density at radius 2 is 1.81 bits per heavy atom. The van der Waals surface area contributed by atoms with E-state index in [0.29, 0.717) is 53.5 Å². The van der Waals surface area contributed by atoms with Crippen LogP contribution in [0, 0.1) is 11.3 Å². The Morgan fingerprint density at radius 3 is 2.38 bits per heavy atom. The number of piperazine rings is 1. The van der Waals surface area contributed by atoms with Crippen LogP contribution in [0.5, 0.6) is 0 Å². The first-order valence-electron chi connectivity index (χ1n) is 13.9. The van der Waals surface area contributed by atoms with E-state index in [0.717, 1.165) is 22.2 Å². The number of ether oxygens (including phenoxy) is 1. The summed E-state index contributed by atoms with van der Waals surface area (Å²) in [4.78, 5) is 34.5. The van der Waals surface area contributed by atoms with Crippen LogP contribution in [-0.2, 0) is 14.3 Å². The molecule has 10 nitrogen and oxygen atoms in total. The molecule has 0 spiro atoms. The van der Waals surface area contributed by atoms with Gasteiger partial charge >= 0.3 is 6.09 Å². The lowest BCUT2D eigenvalue weighted by Crippen LogP contribution is -2.50. The van der Waals surface area contributed by atoms with E-state index in [1.807, 2.05) is 26.8 Å². The Balaban J connectivity index is 1.63. The van der Waals surface area contributed by atoms with Gasteiger partial charge in [0.1, 0.15) is 5.60 Å². The Kier molecular flexibility index (Phi) is 7.34. The van der Waals surface area contributed by atoms with Gasteiger partial charge in [-0.15, -0.1) is 0 Å². The number of benzene rings is 2. The van der Waals surface area contributed by atoms with Gasteiger partial charge in [-0.1, -0.05) is 19.9 Å². The SMILES string of the molecule is COS([O-])(c1cc2c(cc1N1CCN(C(=O)OC(C)(C)C)CC1)C(C)(C)c1[nH]c3cc(C#N)ccc3c1C2=O)N(C)C. The smallest absolute Gasteiger partial charge is 0.410 e. The average Bonchev–Trinajstić information content (AvgIpc) is 3.34. The molecule has 1 aromatic heterocycles. The van der Waals surface area contributed by atoms with Crippen LogP contribution in [-0.4, -0.2) is 83.6 Å². The molecule has 2 aromatic carbocycles. The molecule has 0 bridgehead atoms. The van der Waals surface area contributed by atoms with Gasteiger partial charge in [0.15, 0.2) is 5.78 Å². The van der Waals surface area contributed by atoms with Gasteiger partial charge < -0.3 is 28.3 Å². The van der Waals surface area contributed by atoms with E-state index in [4.69, 9.17) is 8.92 Å². The summed E-state index contributed by atoms with van der Waals surface area (Å²) in [7, 11) is 1.60. The van der Waals surface area contributed by atoms with Crippen molar-refractivity contribution in [2.45, 2.75) is 50.5 Å². The summed E-state index contributed by atoms with van der Waals surface area (Å²) in [5.74, 6) is -0.172. The molecule has 1 N–H and O–H groups in total. The Labute approximate surface area is 248 Å². The van der Waals surface area contributed by atoms with Crippen molar-refractivity contribution >= 4 is 39.2 Å². The number of nitrogens with one attached hydrogen (secondary N) is 1. The molecule has 1 fully saturated rings. The van der Waals surface area contributed by atoms with Crippen LogP contribution in [0.3, 0.4) is 0 Å². The summed E-state index contributed by atoms with van der Waals surface area (Å²) in [6.07, 6.45) is -0.362. The van der Waals surface area contributed by atoms with E-state index in [9.17, 15) is 19.4 Å². The fourth-order valence-corrected chi connectivity index (χ4v) is 7.45. The van der Waals surface area contributed by atoms with Crippen molar-refractivity contribution in [3.63, 3.8) is 0 Å². The van der Waals surface area contributed by atoms with Crippen LogP contribution in [0.1, 0.15) is 67.4 Å². The molecule has 1 saturated heterocycles. The number of ketones is 1. The summed E-state index contributed by atoms with van der Waals surface area (Å²) in [6, 6.07) is 11.1. The van der Waals surface area contributed by atoms with E-state index in [1.54, 1.807) is 43.3 Å². The highest BCUT2D eigenvalue weighted by molar-refractivity contribution is 8.23. The molecule has 1 atom stereocenters. The quantitative estimate of drug-likeness (QED) is 0.433. The maximum absolute atomic E-state index is 14.3. The number of H-pyrrole nitrogens is 1. The highest BCUT2D eigenvalue weighted by Crippen LogP contribution is 2.59. The summed E-state index contributed by atoms with van der Waals surface area (Å²) >= 11 is 0. The van der Waals surface area contributed by atoms with E-state index >= 15 is 0 Å². The lowest BCUT2D eigenvalue weighted by molar-refractivity contribution is 0.0240. The molecule has 0 radical (unpaired) electrons. The molecule has 3 aromatic rings. The van der Waals surface area contributed by atoms with Gasteiger partial charge in [0, 0.05) is 67.8 Å². The van der Waals surface area contributed by atoms with Crippen molar-refractivity contribution < 1.29 is 23.1 Å². The first-order chi connectivity index (χ1) is 19.6. The zero-order valence-electron chi connectivity index (χ0n) is 25.5. The van der Waals surface area contributed by atoms with Crippen molar-refractivity contribution in [2.75, 3.05) is 52.3 Å². The number of hydrogen-bond donors (Lipinski definition) is 1. The number of amides is 1. The second-order valence-electron chi connectivity index (χ2n) is 12.5. The number of carbonyl (C=O) groups excluding carboxylic acids is 2. The van der Waals surface area contributed by atoms with Crippen molar-refractivity contribution in [1.82, 2.24) is 14.2 Å². The molecule has 2 heterocycles. The zero-order chi connectivity index (χ0) is 30.8. The predicted octanol–water partition coefficient (Wildman–Crippen LogP) is 5.30. The number of aromatic nitrogens is 1. The van der Waals surface area contributed by atoms with Crippen molar-refractivity contribution in [2.24, 2.45) is 0 Å². The second kappa shape index (κ2) is 10.3. The number of aromatic amines is 1. The molecule has 2 aliphatic rings. The van der Waals surface area contributed by atoms with Crippen LogP contribution >= 0.6 is 10.8 Å². The lowest BCUT2D eigenvalue weighted by atomic mass is 9.71. The van der Waals surface area contributed by atoms with E-state index in [2.05, 4.69) is 29.8 Å². The monoisotopic (exact) mass is 592 g/mol. The maximum Gasteiger partial charge on any atom is 0.410 e. The number of anilines is 1. The molecular weight excluding hydrogens is 554 g/mol. The standard InChI is InChI=1S/C31H39N5O5S/c1-30(2,3)41-29(38)36-13-11-35(12-14-36)24-17-22-21(16-25(24)42(39,40-8)34(6)7)27(37)26-20-10-9-19(18-32)15-23(20)33-28(26)31(22,4)5/h9-10,15-17,33,39H,11-14H2,1-8H3/p-1. The highest BCUT2D eigenvalue weighted by atomic mass is 32.3. The number of hydrogen-bond acceptors (Lipinski definition) is 8. The number of nitrogens with zero attached hydrogens (tertiary/aromatic N) is 4. The molecule has 224 valence electrons. The Morgan fingerprint density at radius 1 is 1.14 bits per heavy atom. The first-order valence-corrected chi connectivity index (χ1v) is 15.4. The van der Waals surface area contributed by atoms with E-state index < -0.39 is 21.8 Å². The third-order valence-electron chi connectivity index (χ3n) is 8.05. The first kappa shape index (κ1) is 29.9. The zero-order valence-corrected chi connectivity index (χ0v) is 26.3. The normalized spacial score (nSPS) is 18.7. The minimum absolute atomic E-state index is 0.172. The number of nitriles is 1. The molecule has 1 aliphatic heterocycles. The number of fused-ring (bicyclic) bond motifs is 4. The van der Waals surface area contributed by atoms with Crippen LogP contribution < -0.4 is 4.90 Å². The predicted molar refractivity (Wildman–Crippen MR) is 162 cm³/mol. The minimum atomic E-state index is -3.18.